The molecule has 18 heavy (non-hydrogen) atoms. The maximum absolute atomic E-state index is 11.9. The Morgan fingerprint density at radius 3 is 3.11 bits per heavy atom. The number of sulfonamides is 1. The minimum Gasteiger partial charge on any atom is -0.374 e. The summed E-state index contributed by atoms with van der Waals surface area (Å²) in [5.74, 6) is 0. The molecule has 1 N–H and O–H groups in total. The third-order valence-electron chi connectivity index (χ3n) is 2.79. The molecule has 0 spiro atoms. The molecule has 0 radical (unpaired) electrons. The first-order valence-corrected chi connectivity index (χ1v) is 7.26. The summed E-state index contributed by atoms with van der Waals surface area (Å²) in [6, 6.07) is 3.11. The highest BCUT2D eigenvalue weighted by atomic mass is 32.2. The molecule has 1 aromatic rings. The zero-order chi connectivity index (χ0) is 13.0. The summed E-state index contributed by atoms with van der Waals surface area (Å²) < 4.78 is 31.9. The van der Waals surface area contributed by atoms with Crippen LogP contribution in [0.4, 0.5) is 0 Å². The van der Waals surface area contributed by atoms with Crippen LogP contribution in [0.5, 0.6) is 0 Å². The maximum Gasteiger partial charge on any atom is 0.242 e. The van der Waals surface area contributed by atoms with E-state index < -0.39 is 10.0 Å². The fourth-order valence-electron chi connectivity index (χ4n) is 1.78. The highest BCUT2D eigenvalue weighted by molar-refractivity contribution is 7.89. The second-order valence-corrected chi connectivity index (χ2v) is 6.06. The van der Waals surface area contributed by atoms with Gasteiger partial charge in [0.1, 0.15) is 4.90 Å². The van der Waals surface area contributed by atoms with Gasteiger partial charge in [0.25, 0.3) is 0 Å². The monoisotopic (exact) mass is 271 g/mol. The molecule has 1 saturated heterocycles. The molecule has 100 valence electrons. The van der Waals surface area contributed by atoms with E-state index in [2.05, 4.69) is 14.6 Å². The molecular formula is C11H17N3O3S. The third-order valence-corrected chi connectivity index (χ3v) is 4.20. The molecule has 2 rings (SSSR count). The molecule has 1 aliphatic heterocycles. The van der Waals surface area contributed by atoms with Gasteiger partial charge in [-0.25, -0.2) is 13.1 Å². The average molecular weight is 271 g/mol. The molecule has 1 fully saturated rings. The van der Waals surface area contributed by atoms with E-state index in [0.29, 0.717) is 6.61 Å². The molecular weight excluding hydrogens is 254 g/mol. The lowest BCUT2D eigenvalue weighted by Crippen LogP contribution is -2.45. The summed E-state index contributed by atoms with van der Waals surface area (Å²) in [5.41, 5.74) is 0. The van der Waals surface area contributed by atoms with Crippen molar-refractivity contribution in [1.29, 1.82) is 0 Å². The van der Waals surface area contributed by atoms with Gasteiger partial charge >= 0.3 is 0 Å². The molecule has 1 atom stereocenters. The summed E-state index contributed by atoms with van der Waals surface area (Å²) >= 11 is 0. The largest absolute Gasteiger partial charge is 0.374 e. The number of likely N-dealkylation sites (N-methyl/N-ethyl adjacent to an activating group) is 1. The minimum absolute atomic E-state index is 0.102. The molecule has 7 heteroatoms. The van der Waals surface area contributed by atoms with Crippen molar-refractivity contribution >= 4 is 10.0 Å². The van der Waals surface area contributed by atoms with Gasteiger partial charge in [0.2, 0.25) is 10.0 Å². The summed E-state index contributed by atoms with van der Waals surface area (Å²) in [5, 5.41) is 0. The summed E-state index contributed by atoms with van der Waals surface area (Å²) in [7, 11) is -1.50. The number of morpholine rings is 1. The lowest BCUT2D eigenvalue weighted by molar-refractivity contribution is -0.0156. The first-order chi connectivity index (χ1) is 8.58. The molecule has 0 saturated carbocycles. The highest BCUT2D eigenvalue weighted by Gasteiger charge is 2.21. The molecule has 0 bridgehead atoms. The SMILES string of the molecule is CN1CCOC(CNS(=O)(=O)c2cccnc2)C1. The van der Waals surface area contributed by atoms with Crippen molar-refractivity contribution in [2.24, 2.45) is 0 Å². The third kappa shape index (κ3) is 3.49. The van der Waals surface area contributed by atoms with Crippen molar-refractivity contribution in [1.82, 2.24) is 14.6 Å². The number of pyridine rings is 1. The topological polar surface area (TPSA) is 71.5 Å². The Hall–Kier alpha value is -1.02. The first kappa shape index (κ1) is 13.4. The van der Waals surface area contributed by atoms with Gasteiger partial charge in [-0.05, 0) is 19.2 Å². The lowest BCUT2D eigenvalue weighted by atomic mass is 10.3. The Bertz CT molecular complexity index is 478. The normalized spacial score (nSPS) is 21.9. The standard InChI is InChI=1S/C11H17N3O3S/c1-14-5-6-17-10(9-14)7-13-18(15,16)11-3-2-4-12-8-11/h2-4,8,10,13H,5-7,9H2,1H3. The van der Waals surface area contributed by atoms with Crippen molar-refractivity contribution in [2.45, 2.75) is 11.0 Å². The van der Waals surface area contributed by atoms with E-state index in [1.165, 1.54) is 18.5 Å². The van der Waals surface area contributed by atoms with E-state index in [-0.39, 0.29) is 17.5 Å². The Labute approximate surface area is 107 Å². The lowest BCUT2D eigenvalue weighted by Gasteiger charge is -2.30. The Kier molecular flexibility index (Phi) is 4.28. The van der Waals surface area contributed by atoms with Crippen molar-refractivity contribution in [3.8, 4) is 0 Å². The number of aromatic nitrogens is 1. The predicted octanol–water partition coefficient (Wildman–Crippen LogP) is -0.309. The molecule has 0 aromatic carbocycles. The van der Waals surface area contributed by atoms with E-state index in [1.54, 1.807) is 6.07 Å². The molecule has 0 aliphatic carbocycles. The van der Waals surface area contributed by atoms with Crippen LogP contribution >= 0.6 is 0 Å². The van der Waals surface area contributed by atoms with Gasteiger partial charge in [-0.3, -0.25) is 4.98 Å². The molecule has 0 amide bonds. The van der Waals surface area contributed by atoms with Gasteiger partial charge in [-0.2, -0.15) is 0 Å². The highest BCUT2D eigenvalue weighted by Crippen LogP contribution is 2.07. The van der Waals surface area contributed by atoms with Crippen molar-refractivity contribution < 1.29 is 13.2 Å². The second kappa shape index (κ2) is 5.75. The first-order valence-electron chi connectivity index (χ1n) is 5.78. The summed E-state index contributed by atoms with van der Waals surface area (Å²) in [4.78, 5) is 6.09. The number of ether oxygens (including phenoxy) is 1. The van der Waals surface area contributed by atoms with Gasteiger partial charge in [0.15, 0.2) is 0 Å². The average Bonchev–Trinajstić information content (AvgIpc) is 2.38. The minimum atomic E-state index is -3.49. The zero-order valence-corrected chi connectivity index (χ0v) is 11.1. The van der Waals surface area contributed by atoms with E-state index in [9.17, 15) is 8.42 Å². The van der Waals surface area contributed by atoms with Gasteiger partial charge in [-0.1, -0.05) is 0 Å². The summed E-state index contributed by atoms with van der Waals surface area (Å²) in [6.45, 7) is 2.53. The number of nitrogens with one attached hydrogen (secondary N) is 1. The maximum atomic E-state index is 11.9. The number of hydrogen-bond donors (Lipinski definition) is 1. The molecule has 1 aliphatic rings. The van der Waals surface area contributed by atoms with Crippen molar-refractivity contribution in [3.63, 3.8) is 0 Å². The number of nitrogens with zero attached hydrogens (tertiary/aromatic N) is 2. The Balaban J connectivity index is 1.93. The zero-order valence-electron chi connectivity index (χ0n) is 10.2. The van der Waals surface area contributed by atoms with Crippen molar-refractivity contribution in [2.75, 3.05) is 33.3 Å². The van der Waals surface area contributed by atoms with Crippen LogP contribution in [0.15, 0.2) is 29.4 Å². The summed E-state index contributed by atoms with van der Waals surface area (Å²) in [6.07, 6.45) is 2.77. The van der Waals surface area contributed by atoms with Crippen LogP contribution < -0.4 is 4.72 Å². The Morgan fingerprint density at radius 1 is 1.61 bits per heavy atom. The van der Waals surface area contributed by atoms with Crippen LogP contribution in [-0.2, 0) is 14.8 Å². The van der Waals surface area contributed by atoms with Crippen LogP contribution in [0.3, 0.4) is 0 Å². The number of hydrogen-bond acceptors (Lipinski definition) is 5. The van der Waals surface area contributed by atoms with Crippen LogP contribution in [0, 0.1) is 0 Å². The molecule has 1 unspecified atom stereocenters. The van der Waals surface area contributed by atoms with Crippen LogP contribution in [0.1, 0.15) is 0 Å². The predicted molar refractivity (Wildman–Crippen MR) is 66.7 cm³/mol. The van der Waals surface area contributed by atoms with Gasteiger partial charge in [0.05, 0.1) is 12.7 Å². The van der Waals surface area contributed by atoms with Crippen LogP contribution in [0.25, 0.3) is 0 Å². The van der Waals surface area contributed by atoms with E-state index in [4.69, 9.17) is 4.74 Å². The van der Waals surface area contributed by atoms with Gasteiger partial charge < -0.3 is 9.64 Å². The second-order valence-electron chi connectivity index (χ2n) is 4.30. The van der Waals surface area contributed by atoms with Gasteiger partial charge in [0, 0.05) is 32.0 Å². The van der Waals surface area contributed by atoms with E-state index >= 15 is 0 Å². The fourth-order valence-corrected chi connectivity index (χ4v) is 2.81. The quantitative estimate of drug-likeness (QED) is 0.813. The van der Waals surface area contributed by atoms with Crippen LogP contribution in [-0.4, -0.2) is 57.7 Å². The van der Waals surface area contributed by atoms with Crippen LogP contribution in [0.2, 0.25) is 0 Å². The number of rotatable bonds is 4. The molecule has 1 aromatic heterocycles. The Morgan fingerprint density at radius 2 is 2.44 bits per heavy atom. The fraction of sp³-hybridized carbons (Fsp3) is 0.545. The van der Waals surface area contributed by atoms with Gasteiger partial charge in [-0.15, -0.1) is 0 Å². The van der Waals surface area contributed by atoms with E-state index in [0.717, 1.165) is 13.1 Å². The molecule has 6 nitrogen and oxygen atoms in total. The van der Waals surface area contributed by atoms with Crippen molar-refractivity contribution in [3.05, 3.63) is 24.5 Å². The van der Waals surface area contributed by atoms with E-state index in [1.807, 2.05) is 7.05 Å². The smallest absolute Gasteiger partial charge is 0.242 e. The molecule has 2 heterocycles.